The highest BCUT2D eigenvalue weighted by atomic mass is 32.2. The SMILES string of the molecule is COC1C=CC=C(C2C(C#N)=C(N)SC(N)=C2C#N)C1OC. The molecule has 7 heteroatoms. The normalized spacial score (nSPS) is 25.7. The van der Waals surface area contributed by atoms with Crippen LogP contribution in [-0.4, -0.2) is 26.4 Å². The van der Waals surface area contributed by atoms with Crippen molar-refractivity contribution in [3.63, 3.8) is 0 Å². The highest BCUT2D eigenvalue weighted by Crippen LogP contribution is 2.43. The van der Waals surface area contributed by atoms with Gasteiger partial charge in [0, 0.05) is 14.2 Å². The van der Waals surface area contributed by atoms with Gasteiger partial charge in [0.15, 0.2) is 0 Å². The van der Waals surface area contributed by atoms with Crippen LogP contribution < -0.4 is 11.5 Å². The third kappa shape index (κ3) is 2.62. The first-order valence-electron chi connectivity index (χ1n) is 6.50. The van der Waals surface area contributed by atoms with E-state index in [4.69, 9.17) is 20.9 Å². The van der Waals surface area contributed by atoms with E-state index in [-0.39, 0.29) is 6.10 Å². The average molecular weight is 316 g/mol. The Balaban J connectivity index is 2.58. The molecular weight excluding hydrogens is 300 g/mol. The quantitative estimate of drug-likeness (QED) is 0.804. The minimum absolute atomic E-state index is 0.304. The van der Waals surface area contributed by atoms with Crippen LogP contribution in [0, 0.1) is 28.6 Å². The lowest BCUT2D eigenvalue weighted by atomic mass is 9.79. The first-order chi connectivity index (χ1) is 10.6. The Labute approximate surface area is 133 Å². The third-order valence-electron chi connectivity index (χ3n) is 3.64. The van der Waals surface area contributed by atoms with Crippen LogP contribution in [0.3, 0.4) is 0 Å². The molecule has 1 heterocycles. The lowest BCUT2D eigenvalue weighted by Crippen LogP contribution is -2.36. The van der Waals surface area contributed by atoms with Crippen molar-refractivity contribution in [3.8, 4) is 12.1 Å². The van der Waals surface area contributed by atoms with E-state index in [1.54, 1.807) is 14.2 Å². The van der Waals surface area contributed by atoms with Crippen LogP contribution in [0.4, 0.5) is 0 Å². The largest absolute Gasteiger partial charge is 0.392 e. The molecule has 4 N–H and O–H groups in total. The van der Waals surface area contributed by atoms with Gasteiger partial charge in [-0.1, -0.05) is 30.0 Å². The van der Waals surface area contributed by atoms with Gasteiger partial charge in [-0.2, -0.15) is 10.5 Å². The van der Waals surface area contributed by atoms with Gasteiger partial charge in [-0.05, 0) is 5.57 Å². The van der Waals surface area contributed by atoms with Crippen molar-refractivity contribution in [1.29, 1.82) is 10.5 Å². The molecule has 1 aliphatic heterocycles. The van der Waals surface area contributed by atoms with Gasteiger partial charge in [-0.25, -0.2) is 0 Å². The summed E-state index contributed by atoms with van der Waals surface area (Å²) in [4.78, 5) is 0. The van der Waals surface area contributed by atoms with Crippen LogP contribution >= 0.6 is 11.8 Å². The van der Waals surface area contributed by atoms with Crippen LogP contribution in [0.25, 0.3) is 0 Å². The van der Waals surface area contributed by atoms with Gasteiger partial charge in [0.2, 0.25) is 0 Å². The summed E-state index contributed by atoms with van der Waals surface area (Å²) in [6.45, 7) is 0. The van der Waals surface area contributed by atoms with E-state index in [9.17, 15) is 10.5 Å². The zero-order chi connectivity index (χ0) is 16.3. The topological polar surface area (TPSA) is 118 Å². The van der Waals surface area contributed by atoms with E-state index in [1.807, 2.05) is 18.2 Å². The maximum absolute atomic E-state index is 9.45. The zero-order valence-corrected chi connectivity index (χ0v) is 13.1. The Morgan fingerprint density at radius 2 is 1.68 bits per heavy atom. The van der Waals surface area contributed by atoms with Gasteiger partial charge in [0.25, 0.3) is 0 Å². The van der Waals surface area contributed by atoms with Gasteiger partial charge in [0.1, 0.15) is 12.2 Å². The second-order valence-corrected chi connectivity index (χ2v) is 5.81. The molecule has 2 atom stereocenters. The van der Waals surface area contributed by atoms with E-state index >= 15 is 0 Å². The molecule has 0 aromatic carbocycles. The predicted octanol–water partition coefficient (Wildman–Crippen LogP) is 1.26. The number of nitriles is 2. The summed E-state index contributed by atoms with van der Waals surface area (Å²) in [7, 11) is 3.13. The summed E-state index contributed by atoms with van der Waals surface area (Å²) in [6.07, 6.45) is 4.77. The summed E-state index contributed by atoms with van der Waals surface area (Å²) in [6, 6.07) is 4.19. The molecule has 22 heavy (non-hydrogen) atoms. The maximum atomic E-state index is 9.45. The van der Waals surface area contributed by atoms with Crippen LogP contribution in [-0.2, 0) is 9.47 Å². The molecule has 0 amide bonds. The molecule has 2 unspecified atom stereocenters. The van der Waals surface area contributed by atoms with Crippen molar-refractivity contribution in [3.05, 3.63) is 45.0 Å². The molecule has 0 aromatic rings. The lowest BCUT2D eigenvalue weighted by Gasteiger charge is -2.33. The van der Waals surface area contributed by atoms with Crippen molar-refractivity contribution >= 4 is 11.8 Å². The number of nitrogens with two attached hydrogens (primary N) is 2. The Kier molecular flexibility index (Phi) is 4.94. The predicted molar refractivity (Wildman–Crippen MR) is 83.6 cm³/mol. The molecule has 2 aliphatic rings. The van der Waals surface area contributed by atoms with Crippen molar-refractivity contribution < 1.29 is 9.47 Å². The highest BCUT2D eigenvalue weighted by molar-refractivity contribution is 8.06. The zero-order valence-electron chi connectivity index (χ0n) is 12.2. The molecule has 6 nitrogen and oxygen atoms in total. The van der Waals surface area contributed by atoms with Gasteiger partial charge in [-0.15, -0.1) is 0 Å². The number of nitrogens with zero attached hydrogens (tertiary/aromatic N) is 2. The number of rotatable bonds is 3. The Morgan fingerprint density at radius 1 is 1.09 bits per heavy atom. The smallest absolute Gasteiger partial charge is 0.109 e. The monoisotopic (exact) mass is 316 g/mol. The number of thioether (sulfide) groups is 1. The van der Waals surface area contributed by atoms with E-state index in [0.717, 1.165) is 17.3 Å². The van der Waals surface area contributed by atoms with Crippen molar-refractivity contribution in [2.75, 3.05) is 14.2 Å². The van der Waals surface area contributed by atoms with Gasteiger partial charge in [0.05, 0.1) is 39.3 Å². The lowest BCUT2D eigenvalue weighted by molar-refractivity contribution is 0.00459. The summed E-state index contributed by atoms with van der Waals surface area (Å²) in [5.74, 6) is -0.608. The standard InChI is InChI=1S/C15H16N4O2S/c1-20-11-5-3-4-8(13(11)21-2)12-9(6-16)14(18)22-15(19)10(12)7-17/h3-5,11-13H,18-19H2,1-2H3. The van der Waals surface area contributed by atoms with Crippen LogP contribution in [0.5, 0.6) is 0 Å². The van der Waals surface area contributed by atoms with E-state index < -0.39 is 12.0 Å². The van der Waals surface area contributed by atoms with Crippen LogP contribution in [0.15, 0.2) is 45.0 Å². The molecule has 0 aromatic heterocycles. The molecular formula is C15H16N4O2S. The second-order valence-electron chi connectivity index (χ2n) is 4.72. The molecule has 0 saturated carbocycles. The maximum Gasteiger partial charge on any atom is 0.109 e. The summed E-state index contributed by atoms with van der Waals surface area (Å²) < 4.78 is 10.9. The van der Waals surface area contributed by atoms with E-state index in [2.05, 4.69) is 12.1 Å². The Hall–Kier alpha value is -2.19. The van der Waals surface area contributed by atoms with Gasteiger partial charge >= 0.3 is 0 Å². The number of ether oxygens (including phenoxy) is 2. The summed E-state index contributed by atoms with van der Waals surface area (Å²) in [5, 5.41) is 19.5. The Bertz CT molecular complexity index is 643. The molecule has 0 radical (unpaired) electrons. The summed E-state index contributed by atoms with van der Waals surface area (Å²) >= 11 is 1.04. The summed E-state index contributed by atoms with van der Waals surface area (Å²) in [5.41, 5.74) is 13.2. The molecule has 0 fully saturated rings. The Morgan fingerprint density at radius 3 is 2.14 bits per heavy atom. The van der Waals surface area contributed by atoms with E-state index in [0.29, 0.717) is 21.2 Å². The minimum Gasteiger partial charge on any atom is -0.392 e. The minimum atomic E-state index is -0.608. The number of hydrogen-bond acceptors (Lipinski definition) is 7. The third-order valence-corrected chi connectivity index (χ3v) is 4.52. The molecule has 0 bridgehead atoms. The van der Waals surface area contributed by atoms with Crippen LogP contribution in [0.1, 0.15) is 0 Å². The first kappa shape index (κ1) is 16.2. The van der Waals surface area contributed by atoms with Crippen molar-refractivity contribution in [2.24, 2.45) is 17.4 Å². The fourth-order valence-electron chi connectivity index (χ4n) is 2.62. The average Bonchev–Trinajstić information content (AvgIpc) is 2.53. The fourth-order valence-corrected chi connectivity index (χ4v) is 3.41. The number of hydrogen-bond donors (Lipinski definition) is 2. The van der Waals surface area contributed by atoms with Crippen molar-refractivity contribution in [1.82, 2.24) is 0 Å². The first-order valence-corrected chi connectivity index (χ1v) is 7.31. The number of methoxy groups -OCH3 is 2. The highest BCUT2D eigenvalue weighted by Gasteiger charge is 2.38. The molecule has 114 valence electrons. The molecule has 2 rings (SSSR count). The molecule has 1 aliphatic carbocycles. The van der Waals surface area contributed by atoms with Crippen molar-refractivity contribution in [2.45, 2.75) is 12.2 Å². The van der Waals surface area contributed by atoms with Gasteiger partial charge in [-0.3, -0.25) is 0 Å². The van der Waals surface area contributed by atoms with Gasteiger partial charge < -0.3 is 20.9 Å². The number of allylic oxidation sites excluding steroid dienone is 4. The molecule has 0 saturated heterocycles. The van der Waals surface area contributed by atoms with E-state index in [1.165, 1.54) is 0 Å². The fraction of sp³-hybridized carbons (Fsp3) is 0.333. The van der Waals surface area contributed by atoms with Crippen LogP contribution in [0.2, 0.25) is 0 Å². The molecule has 0 spiro atoms. The second kappa shape index (κ2) is 6.71.